The summed E-state index contributed by atoms with van der Waals surface area (Å²) in [6.07, 6.45) is 0. The van der Waals surface area contributed by atoms with E-state index in [1.165, 1.54) is 6.07 Å². The SMILES string of the molecule is Cc1c(-c2nc(-c3c(F)cccc3Cl)nn2C)sc(Br)c1Br. The Morgan fingerprint density at radius 2 is 2.05 bits per heavy atom. The minimum atomic E-state index is -0.435. The van der Waals surface area contributed by atoms with E-state index in [1.54, 1.807) is 35.2 Å². The first-order valence-corrected chi connectivity index (χ1v) is 8.98. The van der Waals surface area contributed by atoms with Crippen molar-refractivity contribution in [1.29, 1.82) is 0 Å². The molecule has 0 saturated heterocycles. The highest BCUT2D eigenvalue weighted by atomic mass is 79.9. The van der Waals surface area contributed by atoms with Gasteiger partial charge in [0.05, 0.1) is 19.2 Å². The van der Waals surface area contributed by atoms with E-state index in [-0.39, 0.29) is 11.4 Å². The molecule has 0 bridgehead atoms. The minimum absolute atomic E-state index is 0.221. The maximum absolute atomic E-state index is 14.0. The van der Waals surface area contributed by atoms with Crippen LogP contribution in [0.25, 0.3) is 22.1 Å². The van der Waals surface area contributed by atoms with Gasteiger partial charge in [-0.05, 0) is 56.5 Å². The van der Waals surface area contributed by atoms with E-state index in [0.29, 0.717) is 10.8 Å². The van der Waals surface area contributed by atoms with Gasteiger partial charge in [0.15, 0.2) is 11.6 Å². The summed E-state index contributed by atoms with van der Waals surface area (Å²) in [5.41, 5.74) is 1.27. The zero-order chi connectivity index (χ0) is 16.0. The monoisotopic (exact) mass is 463 g/mol. The fourth-order valence-corrected chi connectivity index (χ4v) is 4.62. The Kier molecular flexibility index (Phi) is 4.42. The lowest BCUT2D eigenvalue weighted by Gasteiger charge is -2.00. The van der Waals surface area contributed by atoms with Crippen molar-refractivity contribution in [3.8, 4) is 22.1 Å². The first-order valence-electron chi connectivity index (χ1n) is 6.20. The first-order chi connectivity index (χ1) is 10.4. The summed E-state index contributed by atoms with van der Waals surface area (Å²) >= 11 is 14.7. The van der Waals surface area contributed by atoms with Crippen LogP contribution in [0.5, 0.6) is 0 Å². The van der Waals surface area contributed by atoms with Gasteiger partial charge in [-0.15, -0.1) is 11.3 Å². The van der Waals surface area contributed by atoms with E-state index in [9.17, 15) is 4.39 Å². The van der Waals surface area contributed by atoms with Crippen molar-refractivity contribution in [2.45, 2.75) is 6.92 Å². The van der Waals surface area contributed by atoms with Crippen LogP contribution >= 0.6 is 54.8 Å². The maximum Gasteiger partial charge on any atom is 0.186 e. The number of aryl methyl sites for hydroxylation is 1. The third kappa shape index (κ3) is 2.64. The molecule has 0 aliphatic heterocycles. The Bertz CT molecular complexity index is 855. The van der Waals surface area contributed by atoms with Crippen molar-refractivity contribution in [2.24, 2.45) is 7.05 Å². The molecule has 0 aliphatic carbocycles. The molecule has 0 atom stereocenters. The Morgan fingerprint density at radius 3 is 2.64 bits per heavy atom. The molecule has 3 rings (SSSR count). The molecule has 0 unspecified atom stereocenters. The zero-order valence-electron chi connectivity index (χ0n) is 11.5. The van der Waals surface area contributed by atoms with E-state index in [4.69, 9.17) is 11.6 Å². The number of halogens is 4. The third-order valence-electron chi connectivity index (χ3n) is 3.19. The quantitative estimate of drug-likeness (QED) is 0.476. The molecule has 0 saturated carbocycles. The lowest BCUT2D eigenvalue weighted by atomic mass is 10.2. The van der Waals surface area contributed by atoms with Gasteiger partial charge in [0, 0.05) is 11.5 Å². The molecule has 1 aromatic carbocycles. The van der Waals surface area contributed by atoms with Crippen molar-refractivity contribution in [3.63, 3.8) is 0 Å². The first kappa shape index (κ1) is 16.1. The van der Waals surface area contributed by atoms with Crippen LogP contribution < -0.4 is 0 Å². The summed E-state index contributed by atoms with van der Waals surface area (Å²) in [7, 11) is 1.78. The van der Waals surface area contributed by atoms with Gasteiger partial charge in [0.2, 0.25) is 0 Å². The van der Waals surface area contributed by atoms with Crippen LogP contribution in [0.3, 0.4) is 0 Å². The fourth-order valence-electron chi connectivity index (χ4n) is 2.07. The van der Waals surface area contributed by atoms with Crippen molar-refractivity contribution in [1.82, 2.24) is 14.8 Å². The average molecular weight is 466 g/mol. The summed E-state index contributed by atoms with van der Waals surface area (Å²) in [4.78, 5) is 5.45. The lowest BCUT2D eigenvalue weighted by molar-refractivity contribution is 0.629. The molecule has 3 aromatic rings. The molecule has 0 N–H and O–H groups in total. The van der Waals surface area contributed by atoms with E-state index in [2.05, 4.69) is 41.9 Å². The largest absolute Gasteiger partial charge is 0.248 e. The van der Waals surface area contributed by atoms with Crippen molar-refractivity contribution >= 4 is 54.8 Å². The summed E-state index contributed by atoms with van der Waals surface area (Å²) < 4.78 is 17.6. The summed E-state index contributed by atoms with van der Waals surface area (Å²) in [6, 6.07) is 4.53. The summed E-state index contributed by atoms with van der Waals surface area (Å²) in [6.45, 7) is 1.99. The number of thiophene rings is 1. The van der Waals surface area contributed by atoms with Gasteiger partial charge in [-0.2, -0.15) is 5.10 Å². The van der Waals surface area contributed by atoms with Gasteiger partial charge in [-0.1, -0.05) is 17.7 Å². The molecular weight excluding hydrogens is 457 g/mol. The molecule has 22 heavy (non-hydrogen) atoms. The van der Waals surface area contributed by atoms with Gasteiger partial charge in [0.1, 0.15) is 5.82 Å². The predicted octanol–water partition coefficient (Wildman–Crippen LogP) is 5.84. The van der Waals surface area contributed by atoms with E-state index in [0.717, 1.165) is 18.7 Å². The molecule has 3 nitrogen and oxygen atoms in total. The highest BCUT2D eigenvalue weighted by Gasteiger charge is 2.21. The van der Waals surface area contributed by atoms with Crippen molar-refractivity contribution in [3.05, 3.63) is 42.9 Å². The van der Waals surface area contributed by atoms with Crippen LogP contribution in [0.15, 0.2) is 26.5 Å². The molecule has 8 heteroatoms. The minimum Gasteiger partial charge on any atom is -0.248 e. The molecule has 2 aromatic heterocycles. The molecule has 0 radical (unpaired) electrons. The average Bonchev–Trinajstić information content (AvgIpc) is 2.94. The highest BCUT2D eigenvalue weighted by molar-refractivity contribution is 9.13. The van der Waals surface area contributed by atoms with Crippen molar-refractivity contribution in [2.75, 3.05) is 0 Å². The van der Waals surface area contributed by atoms with E-state index in [1.807, 2.05) is 6.92 Å². The number of rotatable bonds is 2. The Morgan fingerprint density at radius 1 is 1.32 bits per heavy atom. The van der Waals surface area contributed by atoms with Crippen LogP contribution in [-0.4, -0.2) is 14.8 Å². The molecule has 0 spiro atoms. The molecule has 0 amide bonds. The lowest BCUT2D eigenvalue weighted by Crippen LogP contribution is -1.94. The van der Waals surface area contributed by atoms with Gasteiger partial charge in [-0.3, -0.25) is 0 Å². The molecule has 114 valence electrons. The molecule has 0 aliphatic rings. The number of hydrogen-bond donors (Lipinski definition) is 0. The van der Waals surface area contributed by atoms with Gasteiger partial charge >= 0.3 is 0 Å². The summed E-state index contributed by atoms with van der Waals surface area (Å²) in [5, 5.41) is 4.61. The second-order valence-corrected chi connectivity index (χ2v) is 8.16. The van der Waals surface area contributed by atoms with Gasteiger partial charge < -0.3 is 0 Å². The molecular formula is C14H9Br2ClFN3S. The summed E-state index contributed by atoms with van der Waals surface area (Å²) in [5.74, 6) is 0.513. The second-order valence-electron chi connectivity index (χ2n) is 4.62. The van der Waals surface area contributed by atoms with E-state index >= 15 is 0 Å². The van der Waals surface area contributed by atoms with Crippen LogP contribution in [0.4, 0.5) is 4.39 Å². The van der Waals surface area contributed by atoms with Gasteiger partial charge in [-0.25, -0.2) is 14.1 Å². The topological polar surface area (TPSA) is 30.7 Å². The fraction of sp³-hybridized carbons (Fsp3) is 0.143. The van der Waals surface area contributed by atoms with Gasteiger partial charge in [0.25, 0.3) is 0 Å². The van der Waals surface area contributed by atoms with Crippen LogP contribution in [0.1, 0.15) is 5.56 Å². The van der Waals surface area contributed by atoms with Crippen molar-refractivity contribution < 1.29 is 4.39 Å². The molecule has 0 fully saturated rings. The number of nitrogens with zero attached hydrogens (tertiary/aromatic N) is 3. The standard InChI is InChI=1S/C14H9Br2ClFN3S/c1-6-10(15)12(16)22-11(6)14-19-13(20-21(14)2)9-7(17)4-3-5-8(9)18/h3-5H,1-2H3. The highest BCUT2D eigenvalue weighted by Crippen LogP contribution is 2.42. The smallest absolute Gasteiger partial charge is 0.186 e. The zero-order valence-corrected chi connectivity index (χ0v) is 16.2. The second kappa shape index (κ2) is 6.03. The van der Waals surface area contributed by atoms with Crippen LogP contribution in [0.2, 0.25) is 5.02 Å². The predicted molar refractivity (Wildman–Crippen MR) is 94.9 cm³/mol. The maximum atomic E-state index is 14.0. The number of hydrogen-bond acceptors (Lipinski definition) is 3. The van der Waals surface area contributed by atoms with E-state index < -0.39 is 5.82 Å². The Balaban J connectivity index is 2.18. The Labute approximate surface area is 152 Å². The molecule has 2 heterocycles. The normalized spacial score (nSPS) is 11.2. The third-order valence-corrected chi connectivity index (χ3v) is 7.25. The number of aromatic nitrogens is 3. The van der Waals surface area contributed by atoms with Crippen LogP contribution in [-0.2, 0) is 7.05 Å². The van der Waals surface area contributed by atoms with Crippen LogP contribution in [0, 0.1) is 12.7 Å². The number of benzene rings is 1. The Hall–Kier alpha value is -0.760.